The lowest BCUT2D eigenvalue weighted by molar-refractivity contribution is -0.122. The van der Waals surface area contributed by atoms with Crippen LogP contribution in [0.15, 0.2) is 34.7 Å². The highest BCUT2D eigenvalue weighted by molar-refractivity contribution is 5.84. The number of ether oxygens (including phenoxy) is 1. The molecule has 0 fully saturated rings. The van der Waals surface area contributed by atoms with E-state index in [0.717, 1.165) is 23.0 Å². The monoisotopic (exact) mass is 342 g/mol. The number of para-hydroxylation sites is 1. The van der Waals surface area contributed by atoms with Crippen molar-refractivity contribution >= 4 is 16.8 Å². The van der Waals surface area contributed by atoms with E-state index in [0.29, 0.717) is 31.2 Å². The Labute approximate surface area is 145 Å². The molecule has 7 heteroatoms. The molecule has 0 aliphatic rings. The Morgan fingerprint density at radius 1 is 1.36 bits per heavy atom. The molecule has 3 rings (SSSR count). The summed E-state index contributed by atoms with van der Waals surface area (Å²) >= 11 is 0. The van der Waals surface area contributed by atoms with Crippen LogP contribution in [-0.4, -0.2) is 40.8 Å². The van der Waals surface area contributed by atoms with E-state index in [2.05, 4.69) is 20.5 Å². The third-order valence-corrected chi connectivity index (χ3v) is 4.02. The summed E-state index contributed by atoms with van der Waals surface area (Å²) in [6, 6.07) is 9.95. The largest absolute Gasteiger partial charge is 0.419 e. The first-order valence-electron chi connectivity index (χ1n) is 8.38. The second-order valence-electron chi connectivity index (χ2n) is 5.90. The van der Waals surface area contributed by atoms with Gasteiger partial charge in [-0.2, -0.15) is 0 Å². The molecular weight excluding hydrogens is 320 g/mol. The van der Waals surface area contributed by atoms with E-state index in [1.54, 1.807) is 7.11 Å². The van der Waals surface area contributed by atoms with Crippen molar-refractivity contribution in [2.75, 3.05) is 13.7 Å². The summed E-state index contributed by atoms with van der Waals surface area (Å²) in [6.45, 7) is 2.52. The quantitative estimate of drug-likeness (QED) is 0.656. The molecule has 25 heavy (non-hydrogen) atoms. The summed E-state index contributed by atoms with van der Waals surface area (Å²) in [4.78, 5) is 15.2. The number of aromatic amines is 1. The van der Waals surface area contributed by atoms with Gasteiger partial charge in [-0.25, -0.2) is 0 Å². The summed E-state index contributed by atoms with van der Waals surface area (Å²) in [5, 5.41) is 12.1. The number of aryl methyl sites for hydroxylation is 1. The number of carbonyl (C=O) groups excluding carboxylic acids is 1. The molecule has 0 radical (unpaired) electrons. The highest BCUT2D eigenvalue weighted by atomic mass is 16.5. The molecule has 1 atom stereocenters. The van der Waals surface area contributed by atoms with Crippen molar-refractivity contribution in [3.05, 3.63) is 36.2 Å². The zero-order valence-corrected chi connectivity index (χ0v) is 14.4. The molecule has 2 N–H and O–H groups in total. The van der Waals surface area contributed by atoms with Gasteiger partial charge in [0, 0.05) is 30.9 Å². The van der Waals surface area contributed by atoms with Gasteiger partial charge in [0.1, 0.15) is 5.69 Å². The number of benzene rings is 1. The number of amides is 1. The molecule has 1 amide bonds. The van der Waals surface area contributed by atoms with Crippen molar-refractivity contribution in [2.45, 2.75) is 32.2 Å². The van der Waals surface area contributed by atoms with E-state index in [1.807, 2.05) is 37.3 Å². The van der Waals surface area contributed by atoms with Crippen LogP contribution in [0.3, 0.4) is 0 Å². The summed E-state index contributed by atoms with van der Waals surface area (Å²) in [6.07, 6.45) is 1.53. The Kier molecular flexibility index (Phi) is 5.45. The molecular formula is C18H22N4O3. The first-order chi connectivity index (χ1) is 12.2. The lowest BCUT2D eigenvalue weighted by Gasteiger charge is -2.15. The number of nitrogens with one attached hydrogen (secondary N) is 2. The van der Waals surface area contributed by atoms with Gasteiger partial charge in [0.25, 0.3) is 5.89 Å². The zero-order valence-electron chi connectivity index (χ0n) is 14.4. The van der Waals surface area contributed by atoms with Crippen LogP contribution in [0.25, 0.3) is 22.5 Å². The van der Waals surface area contributed by atoms with Crippen LogP contribution in [0.1, 0.15) is 25.7 Å². The fourth-order valence-corrected chi connectivity index (χ4v) is 2.64. The molecule has 0 bridgehead atoms. The van der Waals surface area contributed by atoms with Gasteiger partial charge >= 0.3 is 0 Å². The van der Waals surface area contributed by atoms with Crippen LogP contribution < -0.4 is 5.32 Å². The fourth-order valence-electron chi connectivity index (χ4n) is 2.64. The third-order valence-electron chi connectivity index (χ3n) is 4.02. The van der Waals surface area contributed by atoms with Crippen molar-refractivity contribution in [1.82, 2.24) is 20.5 Å². The number of hydrogen-bond donors (Lipinski definition) is 2. The Bertz CT molecular complexity index is 807. The molecule has 1 aromatic carbocycles. The molecule has 0 aliphatic carbocycles. The molecule has 0 unspecified atom stereocenters. The van der Waals surface area contributed by atoms with E-state index < -0.39 is 0 Å². The SMILES string of the molecule is CC[C@@H](COC)NC(=O)CCc1nnc(-c2cc3ccccc3[nH]2)o1. The number of aromatic nitrogens is 3. The zero-order chi connectivity index (χ0) is 17.6. The van der Waals surface area contributed by atoms with Crippen molar-refractivity contribution in [2.24, 2.45) is 0 Å². The number of methoxy groups -OCH3 is 1. The maximum atomic E-state index is 12.0. The minimum Gasteiger partial charge on any atom is -0.419 e. The Balaban J connectivity index is 1.59. The molecule has 0 spiro atoms. The number of carbonyl (C=O) groups is 1. The van der Waals surface area contributed by atoms with Crippen LogP contribution in [0.2, 0.25) is 0 Å². The first kappa shape index (κ1) is 17.2. The molecule has 0 saturated carbocycles. The average Bonchev–Trinajstić information content (AvgIpc) is 3.26. The van der Waals surface area contributed by atoms with Crippen molar-refractivity contribution in [3.63, 3.8) is 0 Å². The van der Waals surface area contributed by atoms with E-state index in [4.69, 9.17) is 9.15 Å². The van der Waals surface area contributed by atoms with Gasteiger partial charge in [0.05, 0.1) is 12.6 Å². The van der Waals surface area contributed by atoms with Crippen LogP contribution in [0.4, 0.5) is 0 Å². The minimum atomic E-state index is -0.0470. The Morgan fingerprint density at radius 3 is 2.96 bits per heavy atom. The number of rotatable bonds is 8. The molecule has 0 saturated heterocycles. The van der Waals surface area contributed by atoms with Crippen molar-refractivity contribution in [3.8, 4) is 11.6 Å². The number of hydrogen-bond acceptors (Lipinski definition) is 5. The van der Waals surface area contributed by atoms with E-state index in [-0.39, 0.29) is 11.9 Å². The second-order valence-corrected chi connectivity index (χ2v) is 5.90. The van der Waals surface area contributed by atoms with Gasteiger partial charge in [-0.15, -0.1) is 10.2 Å². The van der Waals surface area contributed by atoms with Crippen molar-refractivity contribution < 1.29 is 13.9 Å². The fraction of sp³-hybridized carbons (Fsp3) is 0.389. The number of fused-ring (bicyclic) bond motifs is 1. The maximum Gasteiger partial charge on any atom is 0.264 e. The standard InChI is InChI=1S/C18H22N4O3/c1-3-13(11-24-2)19-16(23)8-9-17-21-22-18(25-17)15-10-12-6-4-5-7-14(12)20-15/h4-7,10,13,20H,3,8-9,11H2,1-2H3,(H,19,23)/t13-/m0/s1. The van der Waals surface area contributed by atoms with E-state index in [9.17, 15) is 4.79 Å². The summed E-state index contributed by atoms with van der Waals surface area (Å²) < 4.78 is 10.7. The average molecular weight is 342 g/mol. The summed E-state index contributed by atoms with van der Waals surface area (Å²) in [5.41, 5.74) is 1.79. The van der Waals surface area contributed by atoms with Crippen LogP contribution in [0, 0.1) is 0 Å². The first-order valence-corrected chi connectivity index (χ1v) is 8.38. The highest BCUT2D eigenvalue weighted by Gasteiger charge is 2.14. The van der Waals surface area contributed by atoms with Gasteiger partial charge < -0.3 is 19.5 Å². The van der Waals surface area contributed by atoms with E-state index in [1.165, 1.54) is 0 Å². The van der Waals surface area contributed by atoms with E-state index >= 15 is 0 Å². The van der Waals surface area contributed by atoms with Gasteiger partial charge in [0.15, 0.2) is 0 Å². The Hall–Kier alpha value is -2.67. The van der Waals surface area contributed by atoms with Crippen LogP contribution in [-0.2, 0) is 16.0 Å². The molecule has 7 nitrogen and oxygen atoms in total. The molecule has 2 aromatic heterocycles. The van der Waals surface area contributed by atoms with Gasteiger partial charge in [-0.05, 0) is 18.6 Å². The number of H-pyrrole nitrogens is 1. The second kappa shape index (κ2) is 7.94. The van der Waals surface area contributed by atoms with Crippen molar-refractivity contribution in [1.29, 1.82) is 0 Å². The Morgan fingerprint density at radius 2 is 2.20 bits per heavy atom. The summed E-state index contributed by atoms with van der Waals surface area (Å²) in [5.74, 6) is 0.829. The molecule has 0 aliphatic heterocycles. The molecule has 2 heterocycles. The topological polar surface area (TPSA) is 93.0 Å². The van der Waals surface area contributed by atoms with Gasteiger partial charge in [-0.1, -0.05) is 25.1 Å². The predicted octanol–water partition coefficient (Wildman–Crippen LogP) is 2.69. The van der Waals surface area contributed by atoms with Crippen LogP contribution >= 0.6 is 0 Å². The maximum absolute atomic E-state index is 12.0. The lowest BCUT2D eigenvalue weighted by atomic mass is 10.2. The van der Waals surface area contributed by atoms with Gasteiger partial charge in [0.2, 0.25) is 11.8 Å². The minimum absolute atomic E-state index is 0.0297. The molecule has 3 aromatic rings. The molecule has 132 valence electrons. The lowest BCUT2D eigenvalue weighted by Crippen LogP contribution is -2.37. The summed E-state index contributed by atoms with van der Waals surface area (Å²) in [7, 11) is 1.62. The highest BCUT2D eigenvalue weighted by Crippen LogP contribution is 2.23. The van der Waals surface area contributed by atoms with Gasteiger partial charge in [-0.3, -0.25) is 4.79 Å². The number of nitrogens with zero attached hydrogens (tertiary/aromatic N) is 2. The van der Waals surface area contributed by atoms with Crippen LogP contribution in [0.5, 0.6) is 0 Å². The predicted molar refractivity (Wildman–Crippen MR) is 94.0 cm³/mol. The third kappa shape index (κ3) is 4.24. The normalized spacial score (nSPS) is 12.4. The smallest absolute Gasteiger partial charge is 0.264 e.